The van der Waals surface area contributed by atoms with Gasteiger partial charge in [0, 0.05) is 37.4 Å². The van der Waals surface area contributed by atoms with E-state index in [2.05, 4.69) is 4.90 Å². The number of anilines is 1. The molecule has 0 spiro atoms. The van der Waals surface area contributed by atoms with Gasteiger partial charge in [-0.15, -0.1) is 0 Å². The standard InChI is InChI=1S/C15H21NO2/c1-2-15(18)13-7-3-4-8-14(13)16-9-5-6-12(10-16)11-17/h3-4,7-8,12,17H,2,5-6,9-11H2,1H3. The minimum atomic E-state index is 0.191. The Morgan fingerprint density at radius 3 is 2.94 bits per heavy atom. The minimum absolute atomic E-state index is 0.191. The number of hydrogen-bond acceptors (Lipinski definition) is 3. The highest BCUT2D eigenvalue weighted by molar-refractivity contribution is 6.01. The number of benzene rings is 1. The van der Waals surface area contributed by atoms with Crippen molar-refractivity contribution < 1.29 is 9.90 Å². The monoisotopic (exact) mass is 247 g/mol. The fourth-order valence-corrected chi connectivity index (χ4v) is 2.61. The number of aliphatic hydroxyl groups excluding tert-OH is 1. The van der Waals surface area contributed by atoms with Crippen LogP contribution in [0.2, 0.25) is 0 Å². The van der Waals surface area contributed by atoms with E-state index in [4.69, 9.17) is 0 Å². The van der Waals surface area contributed by atoms with Crippen LogP contribution in [-0.4, -0.2) is 30.6 Å². The van der Waals surface area contributed by atoms with Gasteiger partial charge < -0.3 is 10.0 Å². The van der Waals surface area contributed by atoms with E-state index in [1.54, 1.807) is 0 Å². The average molecular weight is 247 g/mol. The zero-order chi connectivity index (χ0) is 13.0. The number of aliphatic hydroxyl groups is 1. The van der Waals surface area contributed by atoms with Crippen LogP contribution in [0.5, 0.6) is 0 Å². The molecule has 1 saturated heterocycles. The van der Waals surface area contributed by atoms with Crippen LogP contribution in [0.4, 0.5) is 5.69 Å². The van der Waals surface area contributed by atoms with Crippen LogP contribution < -0.4 is 4.90 Å². The molecule has 0 radical (unpaired) electrons. The molecule has 1 N–H and O–H groups in total. The third-order valence-corrected chi connectivity index (χ3v) is 3.64. The van der Waals surface area contributed by atoms with E-state index in [9.17, 15) is 9.90 Å². The maximum atomic E-state index is 12.0. The van der Waals surface area contributed by atoms with Crippen LogP contribution in [0.25, 0.3) is 0 Å². The molecule has 1 aliphatic rings. The molecule has 0 amide bonds. The second-order valence-corrected chi connectivity index (χ2v) is 4.93. The number of Topliss-reactive ketones (excluding diaryl/α,β-unsaturated/α-hetero) is 1. The van der Waals surface area contributed by atoms with Crippen molar-refractivity contribution in [3.8, 4) is 0 Å². The van der Waals surface area contributed by atoms with Gasteiger partial charge in [-0.2, -0.15) is 0 Å². The molecule has 0 saturated carbocycles. The predicted molar refractivity (Wildman–Crippen MR) is 73.1 cm³/mol. The third-order valence-electron chi connectivity index (χ3n) is 3.64. The van der Waals surface area contributed by atoms with Crippen molar-refractivity contribution in [2.24, 2.45) is 5.92 Å². The molecule has 1 aromatic carbocycles. The SMILES string of the molecule is CCC(=O)c1ccccc1N1CCCC(CO)C1. The maximum absolute atomic E-state index is 12.0. The number of carbonyl (C=O) groups excluding carboxylic acids is 1. The summed E-state index contributed by atoms with van der Waals surface area (Å²) in [4.78, 5) is 14.2. The lowest BCUT2D eigenvalue weighted by Crippen LogP contribution is -2.37. The summed E-state index contributed by atoms with van der Waals surface area (Å²) < 4.78 is 0. The van der Waals surface area contributed by atoms with Crippen molar-refractivity contribution >= 4 is 11.5 Å². The van der Waals surface area contributed by atoms with Crippen molar-refractivity contribution in [2.75, 3.05) is 24.6 Å². The lowest BCUT2D eigenvalue weighted by molar-refractivity contribution is 0.0988. The van der Waals surface area contributed by atoms with Gasteiger partial charge in [-0.1, -0.05) is 19.1 Å². The van der Waals surface area contributed by atoms with Crippen molar-refractivity contribution in [1.29, 1.82) is 0 Å². The molecule has 1 aliphatic heterocycles. The van der Waals surface area contributed by atoms with E-state index in [-0.39, 0.29) is 12.4 Å². The van der Waals surface area contributed by atoms with Gasteiger partial charge in [0.05, 0.1) is 0 Å². The second-order valence-electron chi connectivity index (χ2n) is 4.93. The number of carbonyl (C=O) groups is 1. The van der Waals surface area contributed by atoms with Crippen LogP contribution in [-0.2, 0) is 0 Å². The highest BCUT2D eigenvalue weighted by Crippen LogP contribution is 2.27. The van der Waals surface area contributed by atoms with E-state index in [1.807, 2.05) is 31.2 Å². The van der Waals surface area contributed by atoms with Crippen LogP contribution in [0.3, 0.4) is 0 Å². The molecular formula is C15H21NO2. The first kappa shape index (κ1) is 13.1. The largest absolute Gasteiger partial charge is 0.396 e. The van der Waals surface area contributed by atoms with Crippen molar-refractivity contribution in [3.63, 3.8) is 0 Å². The highest BCUT2D eigenvalue weighted by Gasteiger charge is 2.22. The number of ketones is 1. The van der Waals surface area contributed by atoms with Crippen LogP contribution in [0, 0.1) is 5.92 Å². The molecule has 1 fully saturated rings. The molecule has 1 heterocycles. The van der Waals surface area contributed by atoms with Crippen LogP contribution >= 0.6 is 0 Å². The molecule has 2 rings (SSSR count). The fraction of sp³-hybridized carbons (Fsp3) is 0.533. The third kappa shape index (κ3) is 2.72. The van der Waals surface area contributed by atoms with Crippen molar-refractivity contribution in [1.82, 2.24) is 0 Å². The molecule has 0 bridgehead atoms. The lowest BCUT2D eigenvalue weighted by atomic mass is 9.97. The molecule has 1 atom stereocenters. The summed E-state index contributed by atoms with van der Waals surface area (Å²) >= 11 is 0. The molecular weight excluding hydrogens is 226 g/mol. The summed E-state index contributed by atoms with van der Waals surface area (Å²) in [6, 6.07) is 7.82. The summed E-state index contributed by atoms with van der Waals surface area (Å²) in [6.07, 6.45) is 2.70. The summed E-state index contributed by atoms with van der Waals surface area (Å²) in [5.74, 6) is 0.528. The topological polar surface area (TPSA) is 40.5 Å². The summed E-state index contributed by atoms with van der Waals surface area (Å²) in [5.41, 5.74) is 1.85. The Morgan fingerprint density at radius 1 is 1.44 bits per heavy atom. The normalized spacial score (nSPS) is 19.9. The van der Waals surface area contributed by atoms with Gasteiger partial charge in [0.2, 0.25) is 0 Å². The van der Waals surface area contributed by atoms with Crippen molar-refractivity contribution in [2.45, 2.75) is 26.2 Å². The maximum Gasteiger partial charge on any atom is 0.164 e. The molecule has 1 aromatic rings. The van der Waals surface area contributed by atoms with Crippen molar-refractivity contribution in [3.05, 3.63) is 29.8 Å². The summed E-state index contributed by atoms with van der Waals surface area (Å²) in [5, 5.41) is 9.29. The van der Waals surface area contributed by atoms with Gasteiger partial charge in [0.1, 0.15) is 0 Å². The Balaban J connectivity index is 2.24. The number of piperidine rings is 1. The molecule has 18 heavy (non-hydrogen) atoms. The van der Waals surface area contributed by atoms with Gasteiger partial charge in [-0.25, -0.2) is 0 Å². The first-order valence-electron chi connectivity index (χ1n) is 6.74. The predicted octanol–water partition coefficient (Wildman–Crippen LogP) is 2.49. The first-order valence-corrected chi connectivity index (χ1v) is 6.74. The fourth-order valence-electron chi connectivity index (χ4n) is 2.61. The average Bonchev–Trinajstić information content (AvgIpc) is 2.46. The van der Waals surface area contributed by atoms with Gasteiger partial charge >= 0.3 is 0 Å². The van der Waals surface area contributed by atoms with E-state index in [0.29, 0.717) is 12.3 Å². The van der Waals surface area contributed by atoms with E-state index >= 15 is 0 Å². The van der Waals surface area contributed by atoms with E-state index < -0.39 is 0 Å². The zero-order valence-corrected chi connectivity index (χ0v) is 10.9. The van der Waals surface area contributed by atoms with Gasteiger partial charge in [-0.05, 0) is 30.9 Å². The van der Waals surface area contributed by atoms with E-state index in [1.165, 1.54) is 0 Å². The molecule has 3 heteroatoms. The van der Waals surface area contributed by atoms with Gasteiger partial charge in [0.25, 0.3) is 0 Å². The Labute approximate surface area is 108 Å². The molecule has 0 aliphatic carbocycles. The van der Waals surface area contributed by atoms with Crippen LogP contribution in [0.1, 0.15) is 36.5 Å². The summed E-state index contributed by atoms with van der Waals surface area (Å²) in [7, 11) is 0. The summed E-state index contributed by atoms with van der Waals surface area (Å²) in [6.45, 7) is 3.96. The number of hydrogen-bond donors (Lipinski definition) is 1. The first-order chi connectivity index (χ1) is 8.76. The quantitative estimate of drug-likeness (QED) is 0.831. The number of rotatable bonds is 4. The Kier molecular flexibility index (Phi) is 4.37. The van der Waals surface area contributed by atoms with E-state index in [0.717, 1.165) is 37.2 Å². The second kappa shape index (κ2) is 6.01. The number of nitrogens with zero attached hydrogens (tertiary/aromatic N) is 1. The number of para-hydroxylation sites is 1. The Morgan fingerprint density at radius 2 is 2.22 bits per heavy atom. The smallest absolute Gasteiger partial charge is 0.164 e. The molecule has 0 aromatic heterocycles. The van der Waals surface area contributed by atoms with Gasteiger partial charge in [-0.3, -0.25) is 4.79 Å². The highest BCUT2D eigenvalue weighted by atomic mass is 16.3. The zero-order valence-electron chi connectivity index (χ0n) is 10.9. The molecule has 1 unspecified atom stereocenters. The lowest BCUT2D eigenvalue weighted by Gasteiger charge is -2.34. The van der Waals surface area contributed by atoms with Crippen LogP contribution in [0.15, 0.2) is 24.3 Å². The Bertz CT molecular complexity index is 417. The molecule has 98 valence electrons. The minimum Gasteiger partial charge on any atom is -0.396 e. The van der Waals surface area contributed by atoms with Gasteiger partial charge in [0.15, 0.2) is 5.78 Å². The Hall–Kier alpha value is -1.35. The molecule has 3 nitrogen and oxygen atoms in total.